The minimum absolute atomic E-state index is 0.0142. The molecule has 0 aliphatic rings. The number of nitrogens with one attached hydrogen (secondary N) is 1. The van der Waals surface area contributed by atoms with Gasteiger partial charge in [0, 0.05) is 5.02 Å². The fraction of sp³-hybridized carbons (Fsp3) is 0.125. The van der Waals surface area contributed by atoms with Crippen LogP contribution in [0, 0.1) is 0 Å². The Morgan fingerprint density at radius 1 is 1.15 bits per heavy atom. The minimum atomic E-state index is -4.40. The van der Waals surface area contributed by atoms with Gasteiger partial charge in [-0.1, -0.05) is 11.6 Å². The van der Waals surface area contributed by atoms with Crippen LogP contribution in [0.4, 0.5) is 19.0 Å². The van der Waals surface area contributed by atoms with Crippen LogP contribution < -0.4 is 10.9 Å². The van der Waals surface area contributed by atoms with E-state index in [9.17, 15) is 18.0 Å². The fourth-order valence-corrected chi connectivity index (χ4v) is 3.72. The van der Waals surface area contributed by atoms with Gasteiger partial charge in [-0.15, -0.1) is 11.3 Å². The lowest BCUT2D eigenvalue weighted by Crippen LogP contribution is -2.22. The van der Waals surface area contributed by atoms with E-state index in [-0.39, 0.29) is 21.6 Å². The summed E-state index contributed by atoms with van der Waals surface area (Å²) in [5.74, 6) is -0.0142. The summed E-state index contributed by atoms with van der Waals surface area (Å²) in [5, 5.41) is 3.06. The van der Waals surface area contributed by atoms with E-state index in [1.165, 1.54) is 10.9 Å². The maximum atomic E-state index is 12.9. The number of hydrogen-bond acceptors (Lipinski definition) is 6. The number of aromatic nitrogens is 4. The molecule has 1 N–H and O–H groups in total. The van der Waals surface area contributed by atoms with Crippen LogP contribution >= 0.6 is 22.9 Å². The van der Waals surface area contributed by atoms with Gasteiger partial charge < -0.3 is 5.32 Å². The Morgan fingerprint density at radius 2 is 1.89 bits per heavy atom. The van der Waals surface area contributed by atoms with E-state index in [0.717, 1.165) is 17.7 Å². The van der Waals surface area contributed by atoms with Gasteiger partial charge >= 0.3 is 6.18 Å². The standard InChI is InChI=1S/C16H9ClF3N5OS/c17-8-1-3-9(4-2-8)25-7-24-11-10-13(21-5-16(18,19)20)22-6-23-14(10)27-12(11)15(25)26/h1-4,6-7H,5H2,(H,21,22,23). The second-order valence-electron chi connectivity index (χ2n) is 5.55. The Bertz CT molecular complexity index is 1200. The number of fused-ring (bicyclic) bond motifs is 3. The highest BCUT2D eigenvalue weighted by Crippen LogP contribution is 2.33. The van der Waals surface area contributed by atoms with E-state index >= 15 is 0 Å². The summed E-state index contributed by atoms with van der Waals surface area (Å²) in [5.41, 5.74) is 0.473. The highest BCUT2D eigenvalue weighted by atomic mass is 35.5. The second kappa shape index (κ2) is 6.46. The molecule has 3 aromatic heterocycles. The molecule has 4 rings (SSSR count). The number of nitrogens with zero attached hydrogens (tertiary/aromatic N) is 4. The Hall–Kier alpha value is -2.72. The molecule has 0 saturated heterocycles. The molecule has 0 bridgehead atoms. The Labute approximate surface area is 158 Å². The van der Waals surface area contributed by atoms with Crippen LogP contribution in [0.15, 0.2) is 41.7 Å². The van der Waals surface area contributed by atoms with Crippen LogP contribution in [-0.4, -0.2) is 32.2 Å². The zero-order valence-electron chi connectivity index (χ0n) is 13.3. The third-order valence-corrected chi connectivity index (χ3v) is 5.07. The molecule has 1 aromatic carbocycles. The van der Waals surface area contributed by atoms with Crippen LogP contribution in [0.2, 0.25) is 5.02 Å². The topological polar surface area (TPSA) is 72.7 Å². The number of halogens is 4. The first-order valence-electron chi connectivity index (χ1n) is 7.55. The van der Waals surface area contributed by atoms with E-state index in [2.05, 4.69) is 20.3 Å². The van der Waals surface area contributed by atoms with Crippen molar-refractivity contribution < 1.29 is 13.2 Å². The molecule has 0 amide bonds. The first-order valence-corrected chi connectivity index (χ1v) is 8.74. The summed E-state index contributed by atoms with van der Waals surface area (Å²) in [6.45, 7) is -1.25. The molecule has 0 unspecified atom stereocenters. The van der Waals surface area contributed by atoms with Crippen molar-refractivity contribution >= 4 is 49.2 Å². The lowest BCUT2D eigenvalue weighted by atomic mass is 10.3. The van der Waals surface area contributed by atoms with Gasteiger partial charge in [0.1, 0.15) is 40.1 Å². The van der Waals surface area contributed by atoms with Gasteiger partial charge in [-0.25, -0.2) is 15.0 Å². The van der Waals surface area contributed by atoms with Crippen LogP contribution in [0.1, 0.15) is 0 Å². The molecule has 0 aliphatic carbocycles. The summed E-state index contributed by atoms with van der Waals surface area (Å²) >= 11 is 6.92. The lowest BCUT2D eigenvalue weighted by Gasteiger charge is -2.09. The molecule has 0 fully saturated rings. The second-order valence-corrected chi connectivity index (χ2v) is 6.98. The Morgan fingerprint density at radius 3 is 2.59 bits per heavy atom. The van der Waals surface area contributed by atoms with Crippen LogP contribution in [-0.2, 0) is 0 Å². The minimum Gasteiger partial charge on any atom is -0.360 e. The van der Waals surface area contributed by atoms with E-state index < -0.39 is 12.7 Å². The highest BCUT2D eigenvalue weighted by molar-refractivity contribution is 7.25. The average Bonchev–Trinajstić information content (AvgIpc) is 3.01. The van der Waals surface area contributed by atoms with Gasteiger partial charge in [0.05, 0.1) is 11.1 Å². The zero-order valence-corrected chi connectivity index (χ0v) is 14.9. The molecule has 0 saturated carbocycles. The summed E-state index contributed by atoms with van der Waals surface area (Å²) in [4.78, 5) is 25.4. The zero-order chi connectivity index (χ0) is 19.2. The number of benzene rings is 1. The highest BCUT2D eigenvalue weighted by Gasteiger charge is 2.28. The number of alkyl halides is 3. The third kappa shape index (κ3) is 3.33. The average molecular weight is 412 g/mol. The molecule has 0 radical (unpaired) electrons. The van der Waals surface area contributed by atoms with Crippen LogP contribution in [0.3, 0.4) is 0 Å². The SMILES string of the molecule is O=c1c2sc3ncnc(NCC(F)(F)F)c3c2ncn1-c1ccc(Cl)cc1. The number of anilines is 1. The lowest BCUT2D eigenvalue weighted by molar-refractivity contribution is -0.115. The van der Waals surface area contributed by atoms with Crippen molar-refractivity contribution in [1.29, 1.82) is 0 Å². The van der Waals surface area contributed by atoms with Gasteiger partial charge in [0.25, 0.3) is 5.56 Å². The predicted octanol–water partition coefficient (Wildman–Crippen LogP) is 4.02. The maximum Gasteiger partial charge on any atom is 0.405 e. The van der Waals surface area contributed by atoms with Crippen molar-refractivity contribution in [2.24, 2.45) is 0 Å². The van der Waals surface area contributed by atoms with E-state index in [4.69, 9.17) is 11.6 Å². The van der Waals surface area contributed by atoms with Crippen molar-refractivity contribution in [1.82, 2.24) is 19.5 Å². The maximum absolute atomic E-state index is 12.9. The van der Waals surface area contributed by atoms with Crippen molar-refractivity contribution in [3.05, 3.63) is 52.3 Å². The van der Waals surface area contributed by atoms with Gasteiger partial charge in [-0.05, 0) is 24.3 Å². The monoisotopic (exact) mass is 411 g/mol. The quantitative estimate of drug-likeness (QED) is 0.551. The molecule has 6 nitrogen and oxygen atoms in total. The molecule has 0 spiro atoms. The fourth-order valence-electron chi connectivity index (χ4n) is 2.57. The van der Waals surface area contributed by atoms with Crippen LogP contribution in [0.25, 0.3) is 26.1 Å². The molecule has 4 aromatic rings. The van der Waals surface area contributed by atoms with E-state index in [1.807, 2.05) is 0 Å². The van der Waals surface area contributed by atoms with Gasteiger partial charge in [0.15, 0.2) is 0 Å². The molecule has 3 heterocycles. The van der Waals surface area contributed by atoms with Crippen molar-refractivity contribution in [3.8, 4) is 5.69 Å². The molecular formula is C16H9ClF3N5OS. The predicted molar refractivity (Wildman–Crippen MR) is 97.9 cm³/mol. The molecule has 27 heavy (non-hydrogen) atoms. The van der Waals surface area contributed by atoms with Gasteiger partial charge in [-0.3, -0.25) is 9.36 Å². The third-order valence-electron chi connectivity index (χ3n) is 3.74. The normalized spacial score (nSPS) is 12.0. The summed E-state index contributed by atoms with van der Waals surface area (Å²) in [6.07, 6.45) is -1.94. The molecular weight excluding hydrogens is 403 g/mol. The summed E-state index contributed by atoms with van der Waals surface area (Å²) in [6, 6.07) is 6.62. The van der Waals surface area contributed by atoms with E-state index in [1.54, 1.807) is 24.3 Å². The molecule has 138 valence electrons. The van der Waals surface area contributed by atoms with Crippen molar-refractivity contribution in [3.63, 3.8) is 0 Å². The van der Waals surface area contributed by atoms with Gasteiger partial charge in [0.2, 0.25) is 0 Å². The smallest absolute Gasteiger partial charge is 0.360 e. The Balaban J connectivity index is 1.88. The first-order chi connectivity index (χ1) is 12.8. The number of thiophene rings is 1. The molecule has 0 atom stereocenters. The molecule has 0 aliphatic heterocycles. The number of hydrogen-bond donors (Lipinski definition) is 1. The van der Waals surface area contributed by atoms with Gasteiger partial charge in [-0.2, -0.15) is 13.2 Å². The summed E-state index contributed by atoms with van der Waals surface area (Å²) in [7, 11) is 0. The largest absolute Gasteiger partial charge is 0.405 e. The van der Waals surface area contributed by atoms with Crippen molar-refractivity contribution in [2.45, 2.75) is 6.18 Å². The number of rotatable bonds is 3. The first kappa shape index (κ1) is 17.7. The van der Waals surface area contributed by atoms with Crippen LogP contribution in [0.5, 0.6) is 0 Å². The van der Waals surface area contributed by atoms with Crippen molar-refractivity contribution in [2.75, 3.05) is 11.9 Å². The summed E-state index contributed by atoms with van der Waals surface area (Å²) < 4.78 is 39.2. The Kier molecular flexibility index (Phi) is 4.23. The molecule has 11 heteroatoms. The van der Waals surface area contributed by atoms with E-state index in [0.29, 0.717) is 20.9 Å².